The highest BCUT2D eigenvalue weighted by Gasteiger charge is 2.33. The predicted molar refractivity (Wildman–Crippen MR) is 84.5 cm³/mol. The summed E-state index contributed by atoms with van der Waals surface area (Å²) in [6, 6.07) is 2.66. The van der Waals surface area contributed by atoms with E-state index in [1.807, 2.05) is 6.92 Å². The molecule has 1 aliphatic rings. The monoisotopic (exact) mass is 340 g/mol. The van der Waals surface area contributed by atoms with Crippen LogP contribution < -0.4 is 5.32 Å². The van der Waals surface area contributed by atoms with Gasteiger partial charge in [-0.1, -0.05) is 0 Å². The molecule has 2 amide bonds. The maximum absolute atomic E-state index is 13.3. The molecule has 0 unspecified atom stereocenters. The Morgan fingerprint density at radius 1 is 1.25 bits per heavy atom. The molecule has 5 nitrogen and oxygen atoms in total. The molecule has 1 aliphatic heterocycles. The van der Waals surface area contributed by atoms with Gasteiger partial charge in [-0.15, -0.1) is 0 Å². The highest BCUT2D eigenvalue weighted by molar-refractivity contribution is 5.95. The van der Waals surface area contributed by atoms with Gasteiger partial charge < -0.3 is 15.0 Å². The zero-order valence-electron chi connectivity index (χ0n) is 13.9. The van der Waals surface area contributed by atoms with Gasteiger partial charge in [0, 0.05) is 37.9 Å². The average Bonchev–Trinajstić information content (AvgIpc) is 2.54. The Bertz CT molecular complexity index is 589. The number of hydrogen-bond acceptors (Lipinski definition) is 3. The fourth-order valence-electron chi connectivity index (χ4n) is 2.87. The van der Waals surface area contributed by atoms with Crippen LogP contribution in [0.25, 0.3) is 0 Å². The standard InChI is InChI=1S/C17H22F2N2O3/c1-11-3-4-12(16(22)20-5-6-24-2)10-21(11)17(23)13-7-14(18)9-15(19)8-13/h7-9,11-12H,3-6,10H2,1-2H3,(H,20,22)/t11-,12-/m1/s1. The van der Waals surface area contributed by atoms with E-state index >= 15 is 0 Å². The molecule has 1 fully saturated rings. The number of carbonyl (C=O) groups excluding carboxylic acids is 2. The molecule has 0 spiro atoms. The van der Waals surface area contributed by atoms with Gasteiger partial charge in [-0.05, 0) is 31.9 Å². The highest BCUT2D eigenvalue weighted by atomic mass is 19.1. The summed E-state index contributed by atoms with van der Waals surface area (Å²) < 4.78 is 31.6. The topological polar surface area (TPSA) is 58.6 Å². The van der Waals surface area contributed by atoms with Crippen molar-refractivity contribution in [3.8, 4) is 0 Å². The van der Waals surface area contributed by atoms with Crippen molar-refractivity contribution in [3.63, 3.8) is 0 Å². The number of carbonyl (C=O) groups is 2. The molecule has 0 saturated carbocycles. The third-order valence-electron chi connectivity index (χ3n) is 4.23. The number of benzene rings is 1. The summed E-state index contributed by atoms with van der Waals surface area (Å²) in [5, 5.41) is 2.76. The van der Waals surface area contributed by atoms with Gasteiger partial charge in [0.25, 0.3) is 5.91 Å². The Balaban J connectivity index is 2.07. The van der Waals surface area contributed by atoms with Crippen LogP contribution in [0.15, 0.2) is 18.2 Å². The zero-order chi connectivity index (χ0) is 17.7. The second kappa shape index (κ2) is 8.19. The largest absolute Gasteiger partial charge is 0.383 e. The number of nitrogens with zero attached hydrogens (tertiary/aromatic N) is 1. The van der Waals surface area contributed by atoms with E-state index in [9.17, 15) is 18.4 Å². The summed E-state index contributed by atoms with van der Waals surface area (Å²) in [5.41, 5.74) is -0.0419. The van der Waals surface area contributed by atoms with E-state index in [4.69, 9.17) is 4.74 Å². The third kappa shape index (κ3) is 4.50. The van der Waals surface area contributed by atoms with Gasteiger partial charge in [0.1, 0.15) is 11.6 Å². The van der Waals surface area contributed by atoms with Crippen molar-refractivity contribution in [2.45, 2.75) is 25.8 Å². The minimum absolute atomic E-state index is 0.0419. The first-order chi connectivity index (χ1) is 11.4. The Labute approximate surface area is 140 Å². The number of methoxy groups -OCH3 is 1. The van der Waals surface area contributed by atoms with Crippen LogP contribution in [0.3, 0.4) is 0 Å². The quantitative estimate of drug-likeness (QED) is 0.834. The molecular weight excluding hydrogens is 318 g/mol. The van der Waals surface area contributed by atoms with E-state index in [1.165, 1.54) is 4.90 Å². The number of piperidine rings is 1. The van der Waals surface area contributed by atoms with Crippen molar-refractivity contribution in [2.24, 2.45) is 5.92 Å². The molecule has 1 heterocycles. The lowest BCUT2D eigenvalue weighted by atomic mass is 9.92. The fraction of sp³-hybridized carbons (Fsp3) is 0.529. The van der Waals surface area contributed by atoms with Crippen LogP contribution in [-0.4, -0.2) is 49.6 Å². The first-order valence-corrected chi connectivity index (χ1v) is 7.96. The SMILES string of the molecule is COCCNC(=O)[C@@H]1CC[C@@H](C)N(C(=O)c2cc(F)cc(F)c2)C1. The molecule has 0 aromatic heterocycles. The van der Waals surface area contributed by atoms with Gasteiger partial charge in [0.2, 0.25) is 5.91 Å². The van der Waals surface area contributed by atoms with E-state index in [1.54, 1.807) is 7.11 Å². The van der Waals surface area contributed by atoms with Gasteiger partial charge in [0.15, 0.2) is 0 Å². The summed E-state index contributed by atoms with van der Waals surface area (Å²) in [5.74, 6) is -2.52. The smallest absolute Gasteiger partial charge is 0.254 e. The predicted octanol–water partition coefficient (Wildman–Crippen LogP) is 1.97. The molecule has 0 aliphatic carbocycles. The van der Waals surface area contributed by atoms with Crippen LogP contribution in [0.5, 0.6) is 0 Å². The third-order valence-corrected chi connectivity index (χ3v) is 4.23. The maximum Gasteiger partial charge on any atom is 0.254 e. The van der Waals surface area contributed by atoms with Gasteiger partial charge in [-0.2, -0.15) is 0 Å². The average molecular weight is 340 g/mol. The van der Waals surface area contributed by atoms with Crippen molar-refractivity contribution >= 4 is 11.8 Å². The number of ether oxygens (including phenoxy) is 1. The normalized spacial score (nSPS) is 20.8. The summed E-state index contributed by atoms with van der Waals surface area (Å²) in [7, 11) is 1.55. The lowest BCUT2D eigenvalue weighted by Crippen LogP contribution is -2.49. The number of rotatable bonds is 5. The second-order valence-electron chi connectivity index (χ2n) is 6.02. The van der Waals surface area contributed by atoms with E-state index in [2.05, 4.69) is 5.32 Å². The summed E-state index contributed by atoms with van der Waals surface area (Å²) in [6.45, 7) is 2.92. The van der Waals surface area contributed by atoms with Crippen LogP contribution in [0.2, 0.25) is 0 Å². The van der Waals surface area contributed by atoms with Crippen molar-refractivity contribution in [2.75, 3.05) is 26.8 Å². The van der Waals surface area contributed by atoms with Crippen LogP contribution in [0.1, 0.15) is 30.1 Å². The molecule has 2 rings (SSSR count). The Morgan fingerprint density at radius 2 is 1.92 bits per heavy atom. The molecule has 1 N–H and O–H groups in total. The number of halogens is 2. The molecular formula is C17H22F2N2O3. The first kappa shape index (κ1) is 18.3. The van der Waals surface area contributed by atoms with E-state index in [-0.39, 0.29) is 30.0 Å². The van der Waals surface area contributed by atoms with Crippen LogP contribution in [-0.2, 0) is 9.53 Å². The minimum Gasteiger partial charge on any atom is -0.383 e. The number of likely N-dealkylation sites (tertiary alicyclic amines) is 1. The Hall–Kier alpha value is -2.02. The first-order valence-electron chi connectivity index (χ1n) is 7.96. The summed E-state index contributed by atoms with van der Waals surface area (Å²) in [4.78, 5) is 26.3. The molecule has 1 saturated heterocycles. The van der Waals surface area contributed by atoms with Crippen LogP contribution >= 0.6 is 0 Å². The minimum atomic E-state index is -0.795. The van der Waals surface area contributed by atoms with Gasteiger partial charge >= 0.3 is 0 Å². The van der Waals surface area contributed by atoms with Crippen LogP contribution in [0.4, 0.5) is 8.78 Å². The molecule has 0 radical (unpaired) electrons. The van der Waals surface area contributed by atoms with E-state index < -0.39 is 17.5 Å². The van der Waals surface area contributed by atoms with Gasteiger partial charge in [0.05, 0.1) is 12.5 Å². The fourth-order valence-corrected chi connectivity index (χ4v) is 2.87. The zero-order valence-corrected chi connectivity index (χ0v) is 13.9. The number of amides is 2. The molecule has 1 aromatic carbocycles. The second-order valence-corrected chi connectivity index (χ2v) is 6.02. The lowest BCUT2D eigenvalue weighted by Gasteiger charge is -2.37. The molecule has 132 valence electrons. The molecule has 2 atom stereocenters. The van der Waals surface area contributed by atoms with Crippen LogP contribution in [0, 0.1) is 17.6 Å². The van der Waals surface area contributed by atoms with E-state index in [0.29, 0.717) is 26.0 Å². The molecule has 1 aromatic rings. The molecule has 0 bridgehead atoms. The molecule has 7 heteroatoms. The number of nitrogens with one attached hydrogen (secondary N) is 1. The molecule has 24 heavy (non-hydrogen) atoms. The number of hydrogen-bond donors (Lipinski definition) is 1. The Morgan fingerprint density at radius 3 is 2.54 bits per heavy atom. The summed E-state index contributed by atoms with van der Waals surface area (Å²) >= 11 is 0. The Kier molecular flexibility index (Phi) is 6.25. The summed E-state index contributed by atoms with van der Waals surface area (Å²) in [6.07, 6.45) is 1.33. The van der Waals surface area contributed by atoms with Gasteiger partial charge in [-0.3, -0.25) is 9.59 Å². The van der Waals surface area contributed by atoms with Crippen molar-refractivity contribution in [3.05, 3.63) is 35.4 Å². The lowest BCUT2D eigenvalue weighted by molar-refractivity contribution is -0.126. The highest BCUT2D eigenvalue weighted by Crippen LogP contribution is 2.24. The van der Waals surface area contributed by atoms with E-state index in [0.717, 1.165) is 18.2 Å². The van der Waals surface area contributed by atoms with Crippen molar-refractivity contribution < 1.29 is 23.1 Å². The van der Waals surface area contributed by atoms with Crippen molar-refractivity contribution in [1.82, 2.24) is 10.2 Å². The maximum atomic E-state index is 13.3. The van der Waals surface area contributed by atoms with Crippen molar-refractivity contribution in [1.29, 1.82) is 0 Å². The van der Waals surface area contributed by atoms with Gasteiger partial charge in [-0.25, -0.2) is 8.78 Å².